The average Bonchev–Trinajstić information content (AvgIpc) is 2.41. The van der Waals surface area contributed by atoms with Crippen molar-refractivity contribution in [3.05, 3.63) is 57.6 Å². The molecule has 0 heterocycles. The first-order valence-corrected chi connectivity index (χ1v) is 6.26. The van der Waals surface area contributed by atoms with Crippen LogP contribution in [0.25, 0.3) is 0 Å². The number of hydrogen-bond acceptors (Lipinski definition) is 3. The van der Waals surface area contributed by atoms with Gasteiger partial charge in [0.05, 0.1) is 22.3 Å². The minimum Gasteiger partial charge on any atom is -0.508 e. The maximum Gasteiger partial charge on any atom is 0.120 e. The molecule has 0 atom stereocenters. The number of nitrogens with one attached hydrogen (secondary N) is 1. The first-order chi connectivity index (χ1) is 9.10. The molecule has 0 aliphatic carbocycles. The second-order valence-electron chi connectivity index (χ2n) is 3.93. The van der Waals surface area contributed by atoms with E-state index in [0.717, 1.165) is 0 Å². The Morgan fingerprint density at radius 1 is 1.16 bits per heavy atom. The summed E-state index contributed by atoms with van der Waals surface area (Å²) in [5, 5.41) is 22.7. The Kier molecular flexibility index (Phi) is 4.16. The molecule has 0 aromatic heterocycles. The highest BCUT2D eigenvalue weighted by atomic mass is 35.5. The molecule has 0 saturated heterocycles. The molecule has 2 N–H and O–H groups in total. The SMILES string of the molecule is N#Cc1ccc(Cl)c(NCc2cc(Cl)ccc2O)c1. The van der Waals surface area contributed by atoms with E-state index < -0.39 is 0 Å². The summed E-state index contributed by atoms with van der Waals surface area (Å²) in [6, 6.07) is 11.8. The number of phenols is 1. The third-order valence-electron chi connectivity index (χ3n) is 2.61. The van der Waals surface area contributed by atoms with Crippen molar-refractivity contribution in [2.24, 2.45) is 0 Å². The number of hydrogen-bond donors (Lipinski definition) is 2. The molecule has 0 spiro atoms. The Hall–Kier alpha value is -1.89. The lowest BCUT2D eigenvalue weighted by Gasteiger charge is -2.10. The molecular formula is C14H10Cl2N2O. The minimum atomic E-state index is 0.157. The third kappa shape index (κ3) is 3.31. The Balaban J connectivity index is 2.19. The van der Waals surface area contributed by atoms with Gasteiger partial charge in [0.2, 0.25) is 0 Å². The molecule has 2 aromatic carbocycles. The van der Waals surface area contributed by atoms with Crippen LogP contribution in [0.4, 0.5) is 5.69 Å². The van der Waals surface area contributed by atoms with Crippen molar-refractivity contribution in [2.45, 2.75) is 6.54 Å². The quantitative estimate of drug-likeness (QED) is 0.892. The van der Waals surface area contributed by atoms with Gasteiger partial charge in [0, 0.05) is 17.1 Å². The molecule has 0 aliphatic heterocycles. The molecule has 0 saturated carbocycles. The summed E-state index contributed by atoms with van der Waals surface area (Å²) < 4.78 is 0. The van der Waals surface area contributed by atoms with Crippen molar-refractivity contribution < 1.29 is 5.11 Å². The van der Waals surface area contributed by atoms with E-state index >= 15 is 0 Å². The summed E-state index contributed by atoms with van der Waals surface area (Å²) in [6.45, 7) is 0.362. The average molecular weight is 293 g/mol. The molecule has 0 aliphatic rings. The molecule has 5 heteroatoms. The van der Waals surface area contributed by atoms with Gasteiger partial charge in [0.25, 0.3) is 0 Å². The molecule has 0 amide bonds. The fourth-order valence-corrected chi connectivity index (χ4v) is 2.00. The zero-order valence-electron chi connectivity index (χ0n) is 9.82. The van der Waals surface area contributed by atoms with Gasteiger partial charge in [-0.05, 0) is 36.4 Å². The highest BCUT2D eigenvalue weighted by molar-refractivity contribution is 6.33. The summed E-state index contributed by atoms with van der Waals surface area (Å²) in [6.07, 6.45) is 0. The predicted octanol–water partition coefficient (Wildman–Crippen LogP) is 4.18. The lowest BCUT2D eigenvalue weighted by molar-refractivity contribution is 0.469. The van der Waals surface area contributed by atoms with Crippen LogP contribution < -0.4 is 5.32 Å². The van der Waals surface area contributed by atoms with Crippen molar-refractivity contribution in [1.82, 2.24) is 0 Å². The Labute approximate surface area is 121 Å². The first kappa shape index (κ1) is 13.5. The molecule has 96 valence electrons. The lowest BCUT2D eigenvalue weighted by Crippen LogP contribution is -2.00. The molecular weight excluding hydrogens is 283 g/mol. The fraction of sp³-hybridized carbons (Fsp3) is 0.0714. The van der Waals surface area contributed by atoms with Gasteiger partial charge in [-0.2, -0.15) is 5.26 Å². The molecule has 2 rings (SSSR count). The van der Waals surface area contributed by atoms with Crippen LogP contribution in [0.2, 0.25) is 10.0 Å². The number of anilines is 1. The lowest BCUT2D eigenvalue weighted by atomic mass is 10.2. The standard InChI is InChI=1S/C14H10Cl2N2O/c15-11-2-4-14(19)10(6-11)8-18-13-5-9(7-17)1-3-12(13)16/h1-6,18-19H,8H2. The molecule has 0 fully saturated rings. The molecule has 0 radical (unpaired) electrons. The van der Waals surface area contributed by atoms with Crippen molar-refractivity contribution in [2.75, 3.05) is 5.32 Å². The maximum absolute atomic E-state index is 9.70. The smallest absolute Gasteiger partial charge is 0.120 e. The Morgan fingerprint density at radius 2 is 1.95 bits per heavy atom. The van der Waals surface area contributed by atoms with Crippen LogP contribution in [0.1, 0.15) is 11.1 Å². The number of nitriles is 1. The number of halogens is 2. The van der Waals surface area contributed by atoms with E-state index in [1.807, 2.05) is 6.07 Å². The van der Waals surface area contributed by atoms with Gasteiger partial charge in [-0.3, -0.25) is 0 Å². The zero-order valence-corrected chi connectivity index (χ0v) is 11.3. The predicted molar refractivity (Wildman–Crippen MR) is 76.6 cm³/mol. The number of rotatable bonds is 3. The summed E-state index contributed by atoms with van der Waals surface area (Å²) in [5.74, 6) is 0.157. The Morgan fingerprint density at radius 3 is 2.68 bits per heavy atom. The van der Waals surface area contributed by atoms with Crippen LogP contribution in [-0.4, -0.2) is 5.11 Å². The topological polar surface area (TPSA) is 56.0 Å². The molecule has 0 unspecified atom stereocenters. The minimum absolute atomic E-state index is 0.157. The molecule has 3 nitrogen and oxygen atoms in total. The molecule has 19 heavy (non-hydrogen) atoms. The van der Waals surface area contributed by atoms with Crippen LogP contribution in [0.3, 0.4) is 0 Å². The van der Waals surface area contributed by atoms with Gasteiger partial charge in [-0.1, -0.05) is 23.2 Å². The highest BCUT2D eigenvalue weighted by Gasteiger charge is 2.05. The summed E-state index contributed by atoms with van der Waals surface area (Å²) >= 11 is 11.9. The van der Waals surface area contributed by atoms with E-state index in [0.29, 0.717) is 33.4 Å². The third-order valence-corrected chi connectivity index (χ3v) is 3.17. The number of benzene rings is 2. The highest BCUT2D eigenvalue weighted by Crippen LogP contribution is 2.26. The largest absolute Gasteiger partial charge is 0.508 e. The van der Waals surface area contributed by atoms with E-state index in [9.17, 15) is 5.11 Å². The van der Waals surface area contributed by atoms with Crippen LogP contribution in [0, 0.1) is 11.3 Å². The second-order valence-corrected chi connectivity index (χ2v) is 4.78. The summed E-state index contributed by atoms with van der Waals surface area (Å²) in [5.41, 5.74) is 1.81. The van der Waals surface area contributed by atoms with Crippen LogP contribution >= 0.6 is 23.2 Å². The maximum atomic E-state index is 9.70. The van der Waals surface area contributed by atoms with E-state index in [-0.39, 0.29) is 5.75 Å². The van der Waals surface area contributed by atoms with Crippen molar-refractivity contribution in [3.63, 3.8) is 0 Å². The summed E-state index contributed by atoms with van der Waals surface area (Å²) in [7, 11) is 0. The molecule has 2 aromatic rings. The van der Waals surface area contributed by atoms with E-state index in [2.05, 4.69) is 5.32 Å². The van der Waals surface area contributed by atoms with E-state index in [4.69, 9.17) is 28.5 Å². The van der Waals surface area contributed by atoms with Crippen LogP contribution in [0.15, 0.2) is 36.4 Å². The molecule has 0 bridgehead atoms. The van der Waals surface area contributed by atoms with Crippen molar-refractivity contribution >= 4 is 28.9 Å². The van der Waals surface area contributed by atoms with E-state index in [1.165, 1.54) is 6.07 Å². The Bertz CT molecular complexity index is 650. The van der Waals surface area contributed by atoms with Crippen molar-refractivity contribution in [3.8, 4) is 11.8 Å². The second kappa shape index (κ2) is 5.83. The monoisotopic (exact) mass is 292 g/mol. The van der Waals surface area contributed by atoms with Gasteiger partial charge in [0.1, 0.15) is 5.75 Å². The first-order valence-electron chi connectivity index (χ1n) is 5.51. The van der Waals surface area contributed by atoms with Gasteiger partial charge in [-0.15, -0.1) is 0 Å². The van der Waals surface area contributed by atoms with Gasteiger partial charge in [-0.25, -0.2) is 0 Å². The normalized spacial score (nSPS) is 9.95. The van der Waals surface area contributed by atoms with Crippen LogP contribution in [0.5, 0.6) is 5.75 Å². The van der Waals surface area contributed by atoms with Crippen molar-refractivity contribution in [1.29, 1.82) is 5.26 Å². The number of nitrogens with zero attached hydrogens (tertiary/aromatic N) is 1. The van der Waals surface area contributed by atoms with E-state index in [1.54, 1.807) is 30.3 Å². The van der Waals surface area contributed by atoms with Gasteiger partial charge >= 0.3 is 0 Å². The zero-order chi connectivity index (χ0) is 13.8. The van der Waals surface area contributed by atoms with Gasteiger partial charge in [0.15, 0.2) is 0 Å². The van der Waals surface area contributed by atoms with Crippen LogP contribution in [-0.2, 0) is 6.54 Å². The summed E-state index contributed by atoms with van der Waals surface area (Å²) in [4.78, 5) is 0. The number of aromatic hydroxyl groups is 1. The van der Waals surface area contributed by atoms with Gasteiger partial charge < -0.3 is 10.4 Å². The fourth-order valence-electron chi connectivity index (χ4n) is 1.62. The number of phenolic OH excluding ortho intramolecular Hbond substituents is 1.